The van der Waals surface area contributed by atoms with Crippen LogP contribution in [0.5, 0.6) is 0 Å². The molecule has 0 saturated carbocycles. The van der Waals surface area contributed by atoms with Gasteiger partial charge >= 0.3 is 5.97 Å². The second-order valence-corrected chi connectivity index (χ2v) is 4.45. The van der Waals surface area contributed by atoms with Crippen molar-refractivity contribution in [1.29, 1.82) is 0 Å². The van der Waals surface area contributed by atoms with Gasteiger partial charge in [-0.1, -0.05) is 6.92 Å². The first-order chi connectivity index (χ1) is 6.56. The van der Waals surface area contributed by atoms with Crippen molar-refractivity contribution in [2.45, 2.75) is 52.1 Å². The number of carbonyl (C=O) groups is 1. The van der Waals surface area contributed by atoms with Gasteiger partial charge in [0.1, 0.15) is 0 Å². The fourth-order valence-corrected chi connectivity index (χ4v) is 2.62. The number of hydrogen-bond donors (Lipinski definition) is 1. The molecule has 2 atom stereocenters. The van der Waals surface area contributed by atoms with Gasteiger partial charge in [-0.25, -0.2) is 0 Å². The summed E-state index contributed by atoms with van der Waals surface area (Å²) in [4.78, 5) is 13.1. The van der Waals surface area contributed by atoms with Crippen LogP contribution in [0.3, 0.4) is 0 Å². The molecule has 0 aromatic carbocycles. The van der Waals surface area contributed by atoms with Crippen molar-refractivity contribution in [3.63, 3.8) is 0 Å². The summed E-state index contributed by atoms with van der Waals surface area (Å²) in [5.74, 6) is -0.293. The summed E-state index contributed by atoms with van der Waals surface area (Å²) in [6, 6.07) is 1.02. The van der Waals surface area contributed by atoms with E-state index in [1.807, 2.05) is 0 Å². The van der Waals surface area contributed by atoms with Crippen LogP contribution in [0.2, 0.25) is 0 Å². The molecule has 0 aromatic heterocycles. The predicted molar refractivity (Wildman–Crippen MR) is 56.3 cm³/mol. The zero-order chi connectivity index (χ0) is 10.7. The molecule has 82 valence electrons. The third-order valence-corrected chi connectivity index (χ3v) is 3.25. The maximum atomic E-state index is 10.7. The van der Waals surface area contributed by atoms with Gasteiger partial charge in [-0.05, 0) is 39.2 Å². The number of likely N-dealkylation sites (tertiary alicyclic amines) is 1. The summed E-state index contributed by atoms with van der Waals surface area (Å²) >= 11 is 0. The Bertz CT molecular complexity index is 203. The molecule has 0 aromatic rings. The summed E-state index contributed by atoms with van der Waals surface area (Å²) in [5, 5.41) is 8.79. The zero-order valence-electron chi connectivity index (χ0n) is 9.36. The number of carboxylic acid groups (broad SMARTS) is 1. The van der Waals surface area contributed by atoms with E-state index in [-0.39, 0.29) is 0 Å². The van der Waals surface area contributed by atoms with Crippen molar-refractivity contribution in [2.24, 2.45) is 5.92 Å². The van der Waals surface area contributed by atoms with Gasteiger partial charge < -0.3 is 5.11 Å². The highest BCUT2D eigenvalue weighted by molar-refractivity contribution is 5.67. The Morgan fingerprint density at radius 3 is 2.64 bits per heavy atom. The Morgan fingerprint density at radius 1 is 1.57 bits per heavy atom. The van der Waals surface area contributed by atoms with Crippen LogP contribution in [0.4, 0.5) is 0 Å². The van der Waals surface area contributed by atoms with Crippen molar-refractivity contribution < 1.29 is 9.90 Å². The van der Waals surface area contributed by atoms with Crippen molar-refractivity contribution in [3.8, 4) is 0 Å². The third kappa shape index (κ3) is 2.47. The molecule has 0 bridgehead atoms. The zero-order valence-corrected chi connectivity index (χ0v) is 9.36. The van der Waals surface area contributed by atoms with E-state index in [4.69, 9.17) is 5.11 Å². The topological polar surface area (TPSA) is 40.5 Å². The molecule has 3 heteroatoms. The lowest BCUT2D eigenvalue weighted by Crippen LogP contribution is -2.37. The number of aliphatic carboxylic acids is 1. The molecule has 1 aliphatic heterocycles. The van der Waals surface area contributed by atoms with Crippen molar-refractivity contribution in [2.75, 3.05) is 6.54 Å². The second-order valence-electron chi connectivity index (χ2n) is 4.45. The van der Waals surface area contributed by atoms with Crippen molar-refractivity contribution in [3.05, 3.63) is 0 Å². The molecular formula is C11H21NO2. The van der Waals surface area contributed by atoms with Gasteiger partial charge in [0.2, 0.25) is 0 Å². The molecule has 1 heterocycles. The lowest BCUT2D eigenvalue weighted by molar-refractivity contribution is -0.138. The largest absolute Gasteiger partial charge is 0.481 e. The van der Waals surface area contributed by atoms with Crippen LogP contribution in [0.15, 0.2) is 0 Å². The number of nitrogens with zero attached hydrogens (tertiary/aromatic N) is 1. The summed E-state index contributed by atoms with van der Waals surface area (Å²) in [7, 11) is 0. The normalized spacial score (nSPS) is 28.6. The maximum absolute atomic E-state index is 10.7. The summed E-state index contributed by atoms with van der Waals surface area (Å²) in [5.41, 5.74) is 0. The Balaban J connectivity index is 2.59. The molecular weight excluding hydrogens is 178 g/mol. The van der Waals surface area contributed by atoms with Gasteiger partial charge in [-0.3, -0.25) is 9.69 Å². The van der Waals surface area contributed by atoms with Gasteiger partial charge in [0, 0.05) is 18.5 Å². The van der Waals surface area contributed by atoms with Gasteiger partial charge in [0.25, 0.3) is 0 Å². The molecule has 0 radical (unpaired) electrons. The Morgan fingerprint density at radius 2 is 2.21 bits per heavy atom. The van der Waals surface area contributed by atoms with Crippen LogP contribution in [0, 0.1) is 5.92 Å². The van der Waals surface area contributed by atoms with E-state index in [1.165, 1.54) is 0 Å². The molecule has 1 fully saturated rings. The van der Waals surface area contributed by atoms with Gasteiger partial charge in [-0.15, -0.1) is 0 Å². The van der Waals surface area contributed by atoms with E-state index in [0.717, 1.165) is 19.4 Å². The molecule has 1 aliphatic rings. The van der Waals surface area contributed by atoms with Crippen molar-refractivity contribution in [1.82, 2.24) is 4.90 Å². The maximum Gasteiger partial charge on any atom is 0.303 e. The Hall–Kier alpha value is -0.570. The third-order valence-electron chi connectivity index (χ3n) is 3.25. The molecule has 0 aliphatic carbocycles. The van der Waals surface area contributed by atoms with Gasteiger partial charge in [-0.2, -0.15) is 0 Å². The highest BCUT2D eigenvalue weighted by Gasteiger charge is 2.34. The average molecular weight is 199 g/mol. The quantitative estimate of drug-likeness (QED) is 0.752. The monoisotopic (exact) mass is 199 g/mol. The SMILES string of the molecule is CC[C@H]1[C@H](CC(=O)O)CCN1C(C)C. The minimum Gasteiger partial charge on any atom is -0.481 e. The van der Waals surface area contributed by atoms with E-state index in [9.17, 15) is 4.79 Å². The number of hydrogen-bond acceptors (Lipinski definition) is 2. The highest BCUT2D eigenvalue weighted by atomic mass is 16.4. The van der Waals surface area contributed by atoms with Crippen LogP contribution >= 0.6 is 0 Å². The first kappa shape index (κ1) is 11.5. The first-order valence-corrected chi connectivity index (χ1v) is 5.53. The molecule has 0 unspecified atom stereocenters. The molecule has 3 nitrogen and oxygen atoms in total. The summed E-state index contributed by atoms with van der Waals surface area (Å²) in [6.07, 6.45) is 2.45. The number of rotatable bonds is 4. The highest BCUT2D eigenvalue weighted by Crippen LogP contribution is 2.30. The van der Waals surface area contributed by atoms with E-state index in [2.05, 4.69) is 25.7 Å². The van der Waals surface area contributed by atoms with E-state index < -0.39 is 5.97 Å². The molecule has 1 rings (SSSR count). The first-order valence-electron chi connectivity index (χ1n) is 5.53. The van der Waals surface area contributed by atoms with Crippen LogP contribution < -0.4 is 0 Å². The molecule has 14 heavy (non-hydrogen) atoms. The molecule has 1 saturated heterocycles. The predicted octanol–water partition coefficient (Wildman–Crippen LogP) is 1.97. The van der Waals surface area contributed by atoms with Crippen LogP contribution in [0.25, 0.3) is 0 Å². The fourth-order valence-electron chi connectivity index (χ4n) is 2.62. The van der Waals surface area contributed by atoms with Crippen molar-refractivity contribution >= 4 is 5.97 Å². The lowest BCUT2D eigenvalue weighted by atomic mass is 9.94. The average Bonchev–Trinajstić information content (AvgIpc) is 2.46. The minimum atomic E-state index is -0.654. The van der Waals surface area contributed by atoms with Crippen LogP contribution in [0.1, 0.15) is 40.0 Å². The number of carboxylic acids is 1. The smallest absolute Gasteiger partial charge is 0.303 e. The molecule has 1 N–H and O–H groups in total. The van der Waals surface area contributed by atoms with E-state index in [1.54, 1.807) is 0 Å². The molecule has 0 amide bonds. The van der Waals surface area contributed by atoms with Crippen LogP contribution in [-0.4, -0.2) is 34.6 Å². The summed E-state index contributed by atoms with van der Waals surface area (Å²) in [6.45, 7) is 7.59. The Kier molecular flexibility index (Phi) is 3.93. The standard InChI is InChI=1S/C11H21NO2/c1-4-10-9(7-11(13)14)5-6-12(10)8(2)3/h8-10H,4-7H2,1-3H3,(H,13,14)/t9-,10-/m0/s1. The molecule has 0 spiro atoms. The van der Waals surface area contributed by atoms with Gasteiger partial charge in [0.15, 0.2) is 0 Å². The minimum absolute atomic E-state index is 0.335. The fraction of sp³-hybridized carbons (Fsp3) is 0.909. The summed E-state index contributed by atoms with van der Waals surface area (Å²) < 4.78 is 0. The van der Waals surface area contributed by atoms with Crippen LogP contribution in [-0.2, 0) is 4.79 Å². The van der Waals surface area contributed by atoms with E-state index >= 15 is 0 Å². The van der Waals surface area contributed by atoms with Gasteiger partial charge in [0.05, 0.1) is 0 Å². The lowest BCUT2D eigenvalue weighted by Gasteiger charge is -2.30. The van der Waals surface area contributed by atoms with E-state index in [0.29, 0.717) is 24.4 Å². The second kappa shape index (κ2) is 4.78. The Labute approximate surface area is 86.1 Å².